The van der Waals surface area contributed by atoms with E-state index in [1.54, 1.807) is 31.4 Å². The van der Waals surface area contributed by atoms with Crippen molar-refractivity contribution in [2.45, 2.75) is 12.2 Å². The van der Waals surface area contributed by atoms with Crippen LogP contribution in [0.4, 0.5) is 0 Å². The van der Waals surface area contributed by atoms with Crippen molar-refractivity contribution in [3.63, 3.8) is 0 Å². The zero-order chi connectivity index (χ0) is 13.0. The van der Waals surface area contributed by atoms with Gasteiger partial charge in [0.25, 0.3) is 0 Å². The van der Waals surface area contributed by atoms with E-state index in [1.807, 2.05) is 12.1 Å². The molecule has 1 heterocycles. The molecule has 96 valence electrons. The van der Waals surface area contributed by atoms with Gasteiger partial charge in [0, 0.05) is 18.2 Å². The first-order valence-electron chi connectivity index (χ1n) is 5.74. The van der Waals surface area contributed by atoms with E-state index in [0.29, 0.717) is 17.9 Å². The van der Waals surface area contributed by atoms with Gasteiger partial charge in [0.05, 0.1) is 12.3 Å². The van der Waals surface area contributed by atoms with Crippen LogP contribution in [-0.4, -0.2) is 35.1 Å². The maximum Gasteiger partial charge on any atom is 0.166 e. The van der Waals surface area contributed by atoms with Gasteiger partial charge in [-0.15, -0.1) is 0 Å². The SMILES string of the molecule is CNCC(O)C(O)c1ccc(-c2ccno2)cc1. The van der Waals surface area contributed by atoms with Crippen LogP contribution in [0, 0.1) is 0 Å². The number of rotatable bonds is 5. The molecule has 2 aromatic rings. The molecule has 18 heavy (non-hydrogen) atoms. The van der Waals surface area contributed by atoms with Crippen molar-refractivity contribution in [2.24, 2.45) is 0 Å². The van der Waals surface area contributed by atoms with E-state index in [9.17, 15) is 10.2 Å². The summed E-state index contributed by atoms with van der Waals surface area (Å²) in [4.78, 5) is 0. The summed E-state index contributed by atoms with van der Waals surface area (Å²) in [6.45, 7) is 0.338. The van der Waals surface area contributed by atoms with E-state index in [-0.39, 0.29) is 0 Å². The van der Waals surface area contributed by atoms with Gasteiger partial charge in [-0.1, -0.05) is 29.4 Å². The van der Waals surface area contributed by atoms with E-state index < -0.39 is 12.2 Å². The third-order valence-electron chi connectivity index (χ3n) is 2.75. The lowest BCUT2D eigenvalue weighted by Gasteiger charge is -2.17. The number of hydrogen-bond donors (Lipinski definition) is 3. The standard InChI is InChI=1S/C13H16N2O3/c1-14-8-11(16)13(17)10-4-2-9(3-5-10)12-6-7-15-18-12/h2-7,11,13-14,16-17H,8H2,1H3. The molecule has 1 aromatic heterocycles. The molecule has 0 saturated carbocycles. The van der Waals surface area contributed by atoms with Crippen LogP contribution >= 0.6 is 0 Å². The molecule has 1 aromatic carbocycles. The third kappa shape index (κ3) is 2.76. The van der Waals surface area contributed by atoms with E-state index in [2.05, 4.69) is 10.5 Å². The monoisotopic (exact) mass is 248 g/mol. The van der Waals surface area contributed by atoms with Crippen LogP contribution in [0.5, 0.6) is 0 Å². The summed E-state index contributed by atoms with van der Waals surface area (Å²) < 4.78 is 5.03. The summed E-state index contributed by atoms with van der Waals surface area (Å²) >= 11 is 0. The van der Waals surface area contributed by atoms with Gasteiger partial charge in [-0.25, -0.2) is 0 Å². The van der Waals surface area contributed by atoms with E-state index in [0.717, 1.165) is 5.56 Å². The van der Waals surface area contributed by atoms with Crippen LogP contribution in [-0.2, 0) is 0 Å². The number of nitrogens with zero attached hydrogens (tertiary/aromatic N) is 1. The van der Waals surface area contributed by atoms with Gasteiger partial charge in [-0.3, -0.25) is 0 Å². The first kappa shape index (κ1) is 12.8. The summed E-state index contributed by atoms with van der Waals surface area (Å²) in [5, 5.41) is 26.1. The number of aliphatic hydroxyl groups is 2. The zero-order valence-corrected chi connectivity index (χ0v) is 10.1. The molecule has 0 radical (unpaired) electrons. The molecule has 0 saturated heterocycles. The van der Waals surface area contributed by atoms with Crippen molar-refractivity contribution in [1.82, 2.24) is 10.5 Å². The van der Waals surface area contributed by atoms with Crippen LogP contribution in [0.2, 0.25) is 0 Å². The summed E-state index contributed by atoms with van der Waals surface area (Å²) in [6, 6.07) is 8.94. The lowest BCUT2D eigenvalue weighted by atomic mass is 10.0. The minimum atomic E-state index is -0.902. The predicted octanol–water partition coefficient (Wildman–Crippen LogP) is 0.955. The summed E-state index contributed by atoms with van der Waals surface area (Å²) in [6.07, 6.45) is -0.151. The average molecular weight is 248 g/mol. The van der Waals surface area contributed by atoms with Gasteiger partial charge >= 0.3 is 0 Å². The molecule has 0 aliphatic carbocycles. The van der Waals surface area contributed by atoms with Gasteiger partial charge in [-0.05, 0) is 12.6 Å². The number of benzene rings is 1. The number of aliphatic hydroxyl groups excluding tert-OH is 2. The van der Waals surface area contributed by atoms with Gasteiger partial charge in [0.2, 0.25) is 0 Å². The van der Waals surface area contributed by atoms with Gasteiger partial charge in [0.1, 0.15) is 6.10 Å². The Bertz CT molecular complexity index is 467. The fraction of sp³-hybridized carbons (Fsp3) is 0.308. The topological polar surface area (TPSA) is 78.5 Å². The second-order valence-electron chi connectivity index (χ2n) is 4.07. The van der Waals surface area contributed by atoms with Crippen molar-refractivity contribution in [2.75, 3.05) is 13.6 Å². The second kappa shape index (κ2) is 5.77. The Kier molecular flexibility index (Phi) is 4.09. The molecule has 0 aliphatic rings. The number of nitrogens with one attached hydrogen (secondary N) is 1. The predicted molar refractivity (Wildman–Crippen MR) is 66.8 cm³/mol. The molecule has 0 amide bonds. The fourth-order valence-electron chi connectivity index (χ4n) is 1.75. The highest BCUT2D eigenvalue weighted by molar-refractivity contribution is 5.57. The summed E-state index contributed by atoms with van der Waals surface area (Å²) in [5.41, 5.74) is 1.55. The molecule has 0 spiro atoms. The molecule has 2 atom stereocenters. The highest BCUT2D eigenvalue weighted by atomic mass is 16.5. The van der Waals surface area contributed by atoms with Crippen LogP contribution in [0.3, 0.4) is 0 Å². The molecular weight excluding hydrogens is 232 g/mol. The minimum Gasteiger partial charge on any atom is -0.389 e. The number of likely N-dealkylation sites (N-methyl/N-ethyl adjacent to an activating group) is 1. The smallest absolute Gasteiger partial charge is 0.166 e. The first-order valence-corrected chi connectivity index (χ1v) is 5.74. The Morgan fingerprint density at radius 3 is 2.50 bits per heavy atom. The highest BCUT2D eigenvalue weighted by Gasteiger charge is 2.17. The minimum absolute atomic E-state index is 0.338. The Labute approximate surface area is 105 Å². The zero-order valence-electron chi connectivity index (χ0n) is 10.1. The Morgan fingerprint density at radius 1 is 1.22 bits per heavy atom. The Hall–Kier alpha value is -1.69. The van der Waals surface area contributed by atoms with Crippen LogP contribution in [0.25, 0.3) is 11.3 Å². The molecular formula is C13H16N2O3. The molecule has 2 unspecified atom stereocenters. The molecule has 5 heteroatoms. The van der Waals surface area contributed by atoms with Crippen molar-refractivity contribution in [3.8, 4) is 11.3 Å². The number of hydrogen-bond acceptors (Lipinski definition) is 5. The number of aromatic nitrogens is 1. The van der Waals surface area contributed by atoms with Crippen LogP contribution in [0.1, 0.15) is 11.7 Å². The largest absolute Gasteiger partial charge is 0.389 e. The van der Waals surface area contributed by atoms with Gasteiger partial charge < -0.3 is 20.1 Å². The van der Waals surface area contributed by atoms with E-state index in [4.69, 9.17) is 4.52 Å². The Morgan fingerprint density at radius 2 is 1.94 bits per heavy atom. The third-order valence-corrected chi connectivity index (χ3v) is 2.75. The summed E-state index contributed by atoms with van der Waals surface area (Å²) in [7, 11) is 1.73. The highest BCUT2D eigenvalue weighted by Crippen LogP contribution is 2.22. The normalized spacial score (nSPS) is 14.4. The Balaban J connectivity index is 2.12. The first-order chi connectivity index (χ1) is 8.72. The molecule has 0 fully saturated rings. The molecule has 3 N–H and O–H groups in total. The van der Waals surface area contributed by atoms with Crippen molar-refractivity contribution >= 4 is 0 Å². The van der Waals surface area contributed by atoms with Crippen molar-refractivity contribution < 1.29 is 14.7 Å². The fourth-order valence-corrected chi connectivity index (χ4v) is 1.75. The van der Waals surface area contributed by atoms with Crippen LogP contribution < -0.4 is 5.32 Å². The molecule has 5 nitrogen and oxygen atoms in total. The van der Waals surface area contributed by atoms with E-state index >= 15 is 0 Å². The van der Waals surface area contributed by atoms with Gasteiger partial charge in [-0.2, -0.15) is 0 Å². The molecule has 0 bridgehead atoms. The maximum atomic E-state index is 9.92. The quantitative estimate of drug-likeness (QED) is 0.734. The van der Waals surface area contributed by atoms with Crippen molar-refractivity contribution in [3.05, 3.63) is 42.1 Å². The lowest BCUT2D eigenvalue weighted by molar-refractivity contribution is 0.0202. The van der Waals surface area contributed by atoms with E-state index in [1.165, 1.54) is 0 Å². The van der Waals surface area contributed by atoms with Crippen molar-refractivity contribution in [1.29, 1.82) is 0 Å². The average Bonchev–Trinajstić information content (AvgIpc) is 2.92. The van der Waals surface area contributed by atoms with Gasteiger partial charge in [0.15, 0.2) is 5.76 Å². The second-order valence-corrected chi connectivity index (χ2v) is 4.07. The lowest BCUT2D eigenvalue weighted by Crippen LogP contribution is -2.29. The summed E-state index contributed by atoms with van der Waals surface area (Å²) in [5.74, 6) is 0.673. The van der Waals surface area contributed by atoms with Crippen LogP contribution in [0.15, 0.2) is 41.1 Å². The molecule has 2 rings (SSSR count). The maximum absolute atomic E-state index is 9.92. The molecule has 0 aliphatic heterocycles.